The minimum Gasteiger partial charge on any atom is -0.396 e. The molecule has 1 rings (SSSR count). The van der Waals surface area contributed by atoms with E-state index < -0.39 is 0 Å². The van der Waals surface area contributed by atoms with E-state index in [0.29, 0.717) is 12.3 Å². The highest BCUT2D eigenvalue weighted by atomic mass is 16.2. The maximum absolute atomic E-state index is 12.0. The number of benzene rings is 1. The van der Waals surface area contributed by atoms with Crippen molar-refractivity contribution < 1.29 is 9.90 Å². The van der Waals surface area contributed by atoms with Crippen molar-refractivity contribution in [3.63, 3.8) is 0 Å². The summed E-state index contributed by atoms with van der Waals surface area (Å²) in [6.07, 6.45) is 2.11. The monoisotopic (exact) mass is 277 g/mol. The van der Waals surface area contributed by atoms with E-state index in [0.717, 1.165) is 24.1 Å². The molecule has 0 aromatic heterocycles. The largest absolute Gasteiger partial charge is 0.396 e. The van der Waals surface area contributed by atoms with Gasteiger partial charge in [0.25, 0.3) is 0 Å². The molecule has 0 bridgehead atoms. The fraction of sp³-hybridized carbons (Fsp3) is 0.588. The Kier molecular flexibility index (Phi) is 6.21. The maximum atomic E-state index is 12.0. The smallest absolute Gasteiger partial charge is 0.224 e. The Morgan fingerprint density at radius 1 is 1.35 bits per heavy atom. The average molecular weight is 277 g/mol. The lowest BCUT2D eigenvalue weighted by atomic mass is 9.80. The van der Waals surface area contributed by atoms with Crippen LogP contribution >= 0.6 is 0 Å². The second-order valence-corrected chi connectivity index (χ2v) is 6.55. The number of hydrogen-bond donors (Lipinski definition) is 2. The molecule has 1 aromatic rings. The third-order valence-electron chi connectivity index (χ3n) is 3.80. The van der Waals surface area contributed by atoms with Gasteiger partial charge in [0, 0.05) is 18.7 Å². The van der Waals surface area contributed by atoms with Crippen LogP contribution in [0.25, 0.3) is 0 Å². The number of rotatable bonds is 6. The van der Waals surface area contributed by atoms with Crippen LogP contribution in [0.5, 0.6) is 0 Å². The van der Waals surface area contributed by atoms with Crippen LogP contribution in [-0.4, -0.2) is 17.6 Å². The van der Waals surface area contributed by atoms with Gasteiger partial charge in [0.1, 0.15) is 0 Å². The van der Waals surface area contributed by atoms with Crippen molar-refractivity contribution in [2.75, 3.05) is 11.9 Å². The number of hydrogen-bond acceptors (Lipinski definition) is 2. The van der Waals surface area contributed by atoms with Crippen LogP contribution < -0.4 is 5.32 Å². The molecule has 0 aliphatic heterocycles. The van der Waals surface area contributed by atoms with E-state index in [1.165, 1.54) is 0 Å². The zero-order valence-electron chi connectivity index (χ0n) is 13.1. The van der Waals surface area contributed by atoms with Gasteiger partial charge in [0.15, 0.2) is 0 Å². The number of anilines is 1. The van der Waals surface area contributed by atoms with Crippen LogP contribution in [0.15, 0.2) is 24.3 Å². The molecule has 0 radical (unpaired) electrons. The Balaban J connectivity index is 2.57. The molecule has 0 spiro atoms. The zero-order valence-corrected chi connectivity index (χ0v) is 13.1. The molecule has 3 heteroatoms. The van der Waals surface area contributed by atoms with Gasteiger partial charge in [-0.3, -0.25) is 4.79 Å². The summed E-state index contributed by atoms with van der Waals surface area (Å²) in [5.74, 6) is 0.395. The number of carbonyl (C=O) groups is 1. The summed E-state index contributed by atoms with van der Waals surface area (Å²) in [6.45, 7) is 8.76. The zero-order chi connectivity index (χ0) is 15.2. The molecule has 112 valence electrons. The SMILES string of the molecule is CC(CC(=O)Nc1cccc(CCCO)c1)C(C)(C)C. The summed E-state index contributed by atoms with van der Waals surface area (Å²) >= 11 is 0. The lowest BCUT2D eigenvalue weighted by molar-refractivity contribution is -0.117. The van der Waals surface area contributed by atoms with Crippen molar-refractivity contribution in [1.82, 2.24) is 0 Å². The van der Waals surface area contributed by atoms with Crippen molar-refractivity contribution in [1.29, 1.82) is 0 Å². The van der Waals surface area contributed by atoms with Gasteiger partial charge < -0.3 is 10.4 Å². The van der Waals surface area contributed by atoms with Crippen LogP contribution in [-0.2, 0) is 11.2 Å². The van der Waals surface area contributed by atoms with Crippen LogP contribution in [0, 0.1) is 11.3 Å². The molecular weight excluding hydrogens is 250 g/mol. The predicted molar refractivity (Wildman–Crippen MR) is 83.7 cm³/mol. The molecule has 2 N–H and O–H groups in total. The highest BCUT2D eigenvalue weighted by Gasteiger charge is 2.22. The van der Waals surface area contributed by atoms with Crippen LogP contribution in [0.3, 0.4) is 0 Å². The number of nitrogens with one attached hydrogen (secondary N) is 1. The number of aliphatic hydroxyl groups excluding tert-OH is 1. The van der Waals surface area contributed by atoms with Gasteiger partial charge in [-0.1, -0.05) is 39.8 Å². The standard InChI is InChI=1S/C17H27NO2/c1-13(17(2,3)4)11-16(20)18-15-9-5-7-14(12-15)8-6-10-19/h5,7,9,12-13,19H,6,8,10-11H2,1-4H3,(H,18,20). The van der Waals surface area contributed by atoms with E-state index >= 15 is 0 Å². The lowest BCUT2D eigenvalue weighted by Gasteiger charge is -2.26. The maximum Gasteiger partial charge on any atom is 0.224 e. The number of aryl methyl sites for hydroxylation is 1. The molecule has 0 saturated carbocycles. The molecule has 0 saturated heterocycles. The molecule has 1 aromatic carbocycles. The van der Waals surface area contributed by atoms with Gasteiger partial charge in [-0.15, -0.1) is 0 Å². The van der Waals surface area contributed by atoms with Crippen LogP contribution in [0.2, 0.25) is 0 Å². The summed E-state index contributed by atoms with van der Waals surface area (Å²) < 4.78 is 0. The Hall–Kier alpha value is -1.35. The topological polar surface area (TPSA) is 49.3 Å². The molecule has 0 aliphatic carbocycles. The third kappa shape index (κ3) is 5.74. The average Bonchev–Trinajstić information content (AvgIpc) is 2.35. The van der Waals surface area contributed by atoms with E-state index in [1.807, 2.05) is 24.3 Å². The molecule has 0 heterocycles. The predicted octanol–water partition coefficient (Wildman–Crippen LogP) is 3.62. The van der Waals surface area contributed by atoms with Crippen molar-refractivity contribution in [2.24, 2.45) is 11.3 Å². The number of aliphatic hydroxyl groups is 1. The number of carbonyl (C=O) groups excluding carboxylic acids is 1. The van der Waals surface area contributed by atoms with Crippen molar-refractivity contribution in [2.45, 2.75) is 47.0 Å². The third-order valence-corrected chi connectivity index (χ3v) is 3.80. The Morgan fingerprint density at radius 2 is 2.05 bits per heavy atom. The fourth-order valence-corrected chi connectivity index (χ4v) is 1.88. The molecule has 0 aliphatic rings. The highest BCUT2D eigenvalue weighted by Crippen LogP contribution is 2.28. The minimum atomic E-state index is 0.0618. The Morgan fingerprint density at radius 3 is 2.65 bits per heavy atom. The van der Waals surface area contributed by atoms with E-state index in [4.69, 9.17) is 5.11 Å². The first-order valence-corrected chi connectivity index (χ1v) is 7.32. The summed E-state index contributed by atoms with van der Waals surface area (Å²) in [5.41, 5.74) is 2.12. The second kappa shape index (κ2) is 7.44. The molecule has 3 nitrogen and oxygen atoms in total. The van der Waals surface area contributed by atoms with E-state index in [9.17, 15) is 4.79 Å². The quantitative estimate of drug-likeness (QED) is 0.834. The van der Waals surface area contributed by atoms with Gasteiger partial charge in [0.2, 0.25) is 5.91 Å². The molecule has 0 fully saturated rings. The summed E-state index contributed by atoms with van der Waals surface area (Å²) in [4.78, 5) is 12.0. The molecule has 1 atom stereocenters. The van der Waals surface area contributed by atoms with Gasteiger partial charge in [-0.05, 0) is 41.9 Å². The van der Waals surface area contributed by atoms with E-state index in [2.05, 4.69) is 33.0 Å². The van der Waals surface area contributed by atoms with Crippen molar-refractivity contribution >= 4 is 11.6 Å². The second-order valence-electron chi connectivity index (χ2n) is 6.55. The van der Waals surface area contributed by atoms with E-state index in [1.54, 1.807) is 0 Å². The first kappa shape index (κ1) is 16.7. The number of amides is 1. The molecule has 20 heavy (non-hydrogen) atoms. The lowest BCUT2D eigenvalue weighted by Crippen LogP contribution is -2.23. The first-order chi connectivity index (χ1) is 9.32. The normalized spacial score (nSPS) is 13.1. The van der Waals surface area contributed by atoms with Crippen molar-refractivity contribution in [3.05, 3.63) is 29.8 Å². The van der Waals surface area contributed by atoms with Gasteiger partial charge in [-0.2, -0.15) is 0 Å². The van der Waals surface area contributed by atoms with Gasteiger partial charge in [-0.25, -0.2) is 0 Å². The molecular formula is C17H27NO2. The van der Waals surface area contributed by atoms with Crippen molar-refractivity contribution in [3.8, 4) is 0 Å². The fourth-order valence-electron chi connectivity index (χ4n) is 1.88. The van der Waals surface area contributed by atoms with Gasteiger partial charge >= 0.3 is 0 Å². The summed E-state index contributed by atoms with van der Waals surface area (Å²) in [5, 5.41) is 11.8. The Bertz CT molecular complexity index is 435. The molecule has 1 unspecified atom stereocenters. The summed E-state index contributed by atoms with van der Waals surface area (Å²) in [6, 6.07) is 7.84. The minimum absolute atomic E-state index is 0.0618. The van der Waals surface area contributed by atoms with E-state index in [-0.39, 0.29) is 17.9 Å². The first-order valence-electron chi connectivity index (χ1n) is 7.32. The highest BCUT2D eigenvalue weighted by molar-refractivity contribution is 5.90. The Labute approximate surface area is 122 Å². The molecule has 1 amide bonds. The summed E-state index contributed by atoms with van der Waals surface area (Å²) in [7, 11) is 0. The van der Waals surface area contributed by atoms with Crippen LogP contribution in [0.1, 0.15) is 46.1 Å². The van der Waals surface area contributed by atoms with Crippen LogP contribution in [0.4, 0.5) is 5.69 Å². The van der Waals surface area contributed by atoms with Gasteiger partial charge in [0.05, 0.1) is 0 Å².